The molecule has 0 aliphatic heterocycles. The number of fused-ring (bicyclic) bond motifs is 1. The van der Waals surface area contributed by atoms with Crippen LogP contribution in [0.4, 0.5) is 0 Å². The Bertz CT molecular complexity index is 550. The summed E-state index contributed by atoms with van der Waals surface area (Å²) in [6, 6.07) is 7.87. The summed E-state index contributed by atoms with van der Waals surface area (Å²) in [7, 11) is 0. The molecule has 0 unspecified atom stereocenters. The maximum absolute atomic E-state index is 4.16. The van der Waals surface area contributed by atoms with E-state index in [4.69, 9.17) is 0 Å². The molecule has 4 nitrogen and oxygen atoms in total. The van der Waals surface area contributed by atoms with Gasteiger partial charge in [0.05, 0.1) is 11.4 Å². The summed E-state index contributed by atoms with van der Waals surface area (Å²) in [4.78, 5) is 7.29. The Hall–Kier alpha value is -2.10. The number of aromatic amines is 2. The first-order chi connectivity index (χ1) is 6.95. The van der Waals surface area contributed by atoms with E-state index in [0.717, 1.165) is 22.4 Å². The van der Waals surface area contributed by atoms with E-state index in [0.29, 0.717) is 0 Å². The second-order valence-electron chi connectivity index (χ2n) is 3.06. The van der Waals surface area contributed by atoms with Gasteiger partial charge in [-0.1, -0.05) is 0 Å². The van der Waals surface area contributed by atoms with Crippen LogP contribution in [0.15, 0.2) is 36.7 Å². The van der Waals surface area contributed by atoms with Gasteiger partial charge < -0.3 is 4.98 Å². The lowest BCUT2D eigenvalue weighted by atomic mass is 10.2. The topological polar surface area (TPSA) is 57.4 Å². The number of hydrogen-bond acceptors (Lipinski definition) is 2. The van der Waals surface area contributed by atoms with Crippen molar-refractivity contribution >= 4 is 11.0 Å². The van der Waals surface area contributed by atoms with Crippen LogP contribution in [-0.2, 0) is 0 Å². The molecule has 3 aromatic heterocycles. The summed E-state index contributed by atoms with van der Waals surface area (Å²) in [6.45, 7) is 0. The first-order valence-electron chi connectivity index (χ1n) is 4.38. The minimum atomic E-state index is 0.747. The van der Waals surface area contributed by atoms with Crippen molar-refractivity contribution in [2.24, 2.45) is 0 Å². The number of hydrogen-bond donors (Lipinski definition) is 2. The SMILES string of the molecule is c1c[nH]c(-c2[nH]nc3ncccc23)c1. The van der Waals surface area contributed by atoms with E-state index in [2.05, 4.69) is 20.2 Å². The highest BCUT2D eigenvalue weighted by Crippen LogP contribution is 2.22. The Balaban J connectivity index is 2.33. The highest BCUT2D eigenvalue weighted by Gasteiger charge is 2.07. The second-order valence-corrected chi connectivity index (χ2v) is 3.06. The number of aromatic nitrogens is 4. The third-order valence-corrected chi connectivity index (χ3v) is 2.20. The van der Waals surface area contributed by atoms with Crippen LogP contribution in [0.1, 0.15) is 0 Å². The lowest BCUT2D eigenvalue weighted by molar-refractivity contribution is 1.10. The van der Waals surface area contributed by atoms with Crippen LogP contribution in [-0.4, -0.2) is 20.2 Å². The van der Waals surface area contributed by atoms with E-state index in [1.54, 1.807) is 6.20 Å². The highest BCUT2D eigenvalue weighted by atomic mass is 15.2. The quantitative estimate of drug-likeness (QED) is 0.607. The lowest BCUT2D eigenvalue weighted by Gasteiger charge is -1.92. The smallest absolute Gasteiger partial charge is 0.181 e. The molecular formula is C10H8N4. The molecule has 0 aromatic carbocycles. The normalized spacial score (nSPS) is 10.9. The molecule has 0 aliphatic carbocycles. The summed E-state index contributed by atoms with van der Waals surface area (Å²) in [5, 5.41) is 8.13. The first kappa shape index (κ1) is 7.32. The Morgan fingerprint density at radius 1 is 1.14 bits per heavy atom. The lowest BCUT2D eigenvalue weighted by Crippen LogP contribution is -1.77. The van der Waals surface area contributed by atoms with Crippen molar-refractivity contribution in [3.05, 3.63) is 36.7 Å². The number of rotatable bonds is 1. The zero-order chi connectivity index (χ0) is 9.38. The molecule has 0 saturated carbocycles. The molecule has 0 atom stereocenters. The standard InChI is InChI=1S/C10H8N4/c1-3-7-9(8-4-2-5-11-8)13-14-10(7)12-6-1/h1-6,11H,(H,12,13,14). The van der Waals surface area contributed by atoms with Gasteiger partial charge in [0.1, 0.15) is 0 Å². The first-order valence-corrected chi connectivity index (χ1v) is 4.38. The summed E-state index contributed by atoms with van der Waals surface area (Å²) in [5.41, 5.74) is 2.76. The summed E-state index contributed by atoms with van der Waals surface area (Å²) in [6.07, 6.45) is 3.63. The van der Waals surface area contributed by atoms with Gasteiger partial charge in [-0.25, -0.2) is 4.98 Å². The average Bonchev–Trinajstić information content (AvgIpc) is 2.85. The van der Waals surface area contributed by atoms with Crippen LogP contribution in [0.2, 0.25) is 0 Å². The van der Waals surface area contributed by atoms with Crippen molar-refractivity contribution in [2.45, 2.75) is 0 Å². The Labute approximate surface area is 80.0 Å². The number of pyridine rings is 1. The summed E-state index contributed by atoms with van der Waals surface area (Å²) in [5.74, 6) is 0. The molecular weight excluding hydrogens is 176 g/mol. The zero-order valence-electron chi connectivity index (χ0n) is 7.36. The Morgan fingerprint density at radius 3 is 3.00 bits per heavy atom. The fraction of sp³-hybridized carbons (Fsp3) is 0. The van der Waals surface area contributed by atoms with E-state index in [9.17, 15) is 0 Å². The molecule has 14 heavy (non-hydrogen) atoms. The van der Waals surface area contributed by atoms with Gasteiger partial charge in [0, 0.05) is 17.8 Å². The molecule has 0 saturated heterocycles. The van der Waals surface area contributed by atoms with Crippen molar-refractivity contribution in [1.29, 1.82) is 0 Å². The molecule has 3 aromatic rings. The third kappa shape index (κ3) is 0.939. The van der Waals surface area contributed by atoms with Gasteiger partial charge in [0.2, 0.25) is 0 Å². The van der Waals surface area contributed by atoms with Crippen molar-refractivity contribution in [3.8, 4) is 11.4 Å². The van der Waals surface area contributed by atoms with Crippen LogP contribution in [0, 0.1) is 0 Å². The van der Waals surface area contributed by atoms with Crippen LogP contribution < -0.4 is 0 Å². The van der Waals surface area contributed by atoms with Gasteiger partial charge in [-0.05, 0) is 24.3 Å². The second kappa shape index (κ2) is 2.70. The molecule has 0 bridgehead atoms. The van der Waals surface area contributed by atoms with Crippen molar-refractivity contribution < 1.29 is 0 Å². The third-order valence-electron chi connectivity index (χ3n) is 2.20. The van der Waals surface area contributed by atoms with E-state index >= 15 is 0 Å². The van der Waals surface area contributed by atoms with E-state index < -0.39 is 0 Å². The monoisotopic (exact) mass is 184 g/mol. The van der Waals surface area contributed by atoms with Gasteiger partial charge >= 0.3 is 0 Å². The van der Waals surface area contributed by atoms with Crippen molar-refractivity contribution in [3.63, 3.8) is 0 Å². The van der Waals surface area contributed by atoms with Gasteiger partial charge in [-0.15, -0.1) is 0 Å². The fourth-order valence-electron chi connectivity index (χ4n) is 1.54. The molecule has 0 amide bonds. The van der Waals surface area contributed by atoms with Crippen molar-refractivity contribution in [2.75, 3.05) is 0 Å². The molecule has 4 heteroatoms. The van der Waals surface area contributed by atoms with Crippen molar-refractivity contribution in [1.82, 2.24) is 20.2 Å². The van der Waals surface area contributed by atoms with Crippen LogP contribution in [0.25, 0.3) is 22.4 Å². The average molecular weight is 184 g/mol. The molecule has 68 valence electrons. The Kier molecular flexibility index (Phi) is 1.41. The highest BCUT2D eigenvalue weighted by molar-refractivity contribution is 5.89. The molecule has 0 spiro atoms. The molecule has 0 radical (unpaired) electrons. The van der Waals surface area contributed by atoms with Gasteiger partial charge in [-0.3, -0.25) is 5.10 Å². The van der Waals surface area contributed by atoms with Gasteiger partial charge in [0.25, 0.3) is 0 Å². The number of nitrogens with one attached hydrogen (secondary N) is 2. The molecule has 0 fully saturated rings. The van der Waals surface area contributed by atoms with E-state index in [1.165, 1.54) is 0 Å². The predicted octanol–water partition coefficient (Wildman–Crippen LogP) is 1.95. The zero-order valence-corrected chi connectivity index (χ0v) is 7.36. The number of H-pyrrole nitrogens is 2. The van der Waals surface area contributed by atoms with Crippen LogP contribution in [0.3, 0.4) is 0 Å². The summed E-state index contributed by atoms with van der Waals surface area (Å²) >= 11 is 0. The fourth-order valence-corrected chi connectivity index (χ4v) is 1.54. The summed E-state index contributed by atoms with van der Waals surface area (Å²) < 4.78 is 0. The minimum Gasteiger partial charge on any atom is -0.360 e. The van der Waals surface area contributed by atoms with Crippen LogP contribution >= 0.6 is 0 Å². The maximum Gasteiger partial charge on any atom is 0.181 e. The van der Waals surface area contributed by atoms with Gasteiger partial charge in [0.15, 0.2) is 5.65 Å². The number of nitrogens with zero attached hydrogens (tertiary/aromatic N) is 2. The van der Waals surface area contributed by atoms with Gasteiger partial charge in [-0.2, -0.15) is 5.10 Å². The molecule has 3 heterocycles. The van der Waals surface area contributed by atoms with E-state index in [1.807, 2.05) is 30.5 Å². The van der Waals surface area contributed by atoms with E-state index in [-0.39, 0.29) is 0 Å². The maximum atomic E-state index is 4.16. The van der Waals surface area contributed by atoms with Crippen LogP contribution in [0.5, 0.6) is 0 Å². The minimum absolute atomic E-state index is 0.747. The predicted molar refractivity (Wildman–Crippen MR) is 53.7 cm³/mol. The Morgan fingerprint density at radius 2 is 2.14 bits per heavy atom. The molecule has 0 aliphatic rings. The molecule has 2 N–H and O–H groups in total. The largest absolute Gasteiger partial charge is 0.360 e. The molecule has 3 rings (SSSR count).